The monoisotopic (exact) mass is 370 g/mol. The molecule has 1 aromatic carbocycles. The van der Waals surface area contributed by atoms with Gasteiger partial charge in [0.2, 0.25) is 11.6 Å². The Hall–Kier alpha value is -2.25. The highest BCUT2D eigenvalue weighted by atomic mass is 32.2. The molecule has 0 spiro atoms. The number of thioether (sulfide) groups is 2. The summed E-state index contributed by atoms with van der Waals surface area (Å²) in [6, 6.07) is 7.04. The molecule has 7 heteroatoms. The number of Topliss-reactive ketones (excluding diaryl/α,β-unsaturated/α-hetero) is 2. The van der Waals surface area contributed by atoms with Gasteiger partial charge < -0.3 is 9.30 Å². The molecule has 2 aliphatic heterocycles. The molecule has 0 saturated carbocycles. The van der Waals surface area contributed by atoms with E-state index < -0.39 is 6.10 Å². The van der Waals surface area contributed by atoms with Crippen LogP contribution in [0.1, 0.15) is 16.8 Å². The molecule has 2 aromatic rings. The molecular weight excluding hydrogens is 356 g/mol. The van der Waals surface area contributed by atoms with Crippen molar-refractivity contribution in [1.29, 1.82) is 0 Å². The van der Waals surface area contributed by atoms with Crippen LogP contribution in [-0.2, 0) is 11.3 Å². The summed E-state index contributed by atoms with van der Waals surface area (Å²) in [5.74, 6) is -0.0440. The second-order valence-electron chi connectivity index (χ2n) is 5.56. The summed E-state index contributed by atoms with van der Waals surface area (Å²) in [5, 5.41) is 3.76. The fourth-order valence-electron chi connectivity index (χ4n) is 2.76. The minimum Gasteiger partial charge on any atom is -0.481 e. The van der Waals surface area contributed by atoms with Gasteiger partial charge in [-0.3, -0.25) is 9.59 Å². The number of carbonyl (C=O) groups excluding carboxylic acids is 2. The van der Waals surface area contributed by atoms with Gasteiger partial charge in [-0.05, 0) is 22.9 Å². The number of imidazole rings is 1. The standard InChI is InChI=1S/C18H14N2O3S2/c21-16-12-3-1-2-4-13(12)23-14(5-7-20-8-6-19-11-20)17(22)15(16)18-24-9-10-25-18/h1-4,6,8-11,14H,5,7H2. The van der Waals surface area contributed by atoms with Crippen LogP contribution < -0.4 is 4.74 Å². The molecule has 0 saturated heterocycles. The number of nitrogens with zero attached hydrogens (tertiary/aromatic N) is 2. The van der Waals surface area contributed by atoms with Gasteiger partial charge in [0.15, 0.2) is 6.10 Å². The number of rotatable bonds is 3. The summed E-state index contributed by atoms with van der Waals surface area (Å²) >= 11 is 2.82. The van der Waals surface area contributed by atoms with E-state index >= 15 is 0 Å². The smallest absolute Gasteiger partial charge is 0.209 e. The minimum absolute atomic E-state index is 0.237. The Balaban J connectivity index is 1.71. The van der Waals surface area contributed by atoms with Crippen LogP contribution in [0.4, 0.5) is 0 Å². The van der Waals surface area contributed by atoms with Crippen LogP contribution in [0.5, 0.6) is 5.75 Å². The van der Waals surface area contributed by atoms with Crippen molar-refractivity contribution < 1.29 is 14.3 Å². The molecule has 126 valence electrons. The van der Waals surface area contributed by atoms with Gasteiger partial charge in [0.25, 0.3) is 0 Å². The maximum Gasteiger partial charge on any atom is 0.209 e. The zero-order valence-corrected chi connectivity index (χ0v) is 14.8. The van der Waals surface area contributed by atoms with Gasteiger partial charge in [0.05, 0.1) is 21.7 Å². The number of carbonyl (C=O) groups is 2. The fourth-order valence-corrected chi connectivity index (χ4v) is 4.63. The maximum atomic E-state index is 13.1. The molecule has 0 N–H and O–H groups in total. The van der Waals surface area contributed by atoms with Crippen LogP contribution in [0.15, 0.2) is 63.6 Å². The summed E-state index contributed by atoms with van der Waals surface area (Å²) in [6.07, 6.45) is 5.01. The molecule has 25 heavy (non-hydrogen) atoms. The lowest BCUT2D eigenvalue weighted by molar-refractivity contribution is -0.121. The first-order chi connectivity index (χ1) is 12.2. The summed E-state index contributed by atoms with van der Waals surface area (Å²) in [5.41, 5.74) is 0.678. The highest BCUT2D eigenvalue weighted by Crippen LogP contribution is 2.43. The Morgan fingerprint density at radius 2 is 1.96 bits per heavy atom. The lowest BCUT2D eigenvalue weighted by atomic mass is 9.98. The quantitative estimate of drug-likeness (QED) is 0.607. The average Bonchev–Trinajstić information content (AvgIpc) is 3.31. The molecule has 2 aliphatic rings. The molecule has 1 aromatic heterocycles. The Labute approximate surface area is 153 Å². The third kappa shape index (κ3) is 3.17. The van der Waals surface area contributed by atoms with Gasteiger partial charge in [-0.1, -0.05) is 35.7 Å². The first kappa shape index (κ1) is 16.2. The van der Waals surface area contributed by atoms with Crippen LogP contribution in [0, 0.1) is 0 Å². The van der Waals surface area contributed by atoms with Crippen molar-refractivity contribution in [2.24, 2.45) is 0 Å². The molecule has 1 unspecified atom stereocenters. The molecule has 5 nitrogen and oxygen atoms in total. The van der Waals surface area contributed by atoms with Crippen molar-refractivity contribution >= 4 is 35.1 Å². The summed E-state index contributed by atoms with van der Waals surface area (Å²) in [7, 11) is 0. The van der Waals surface area contributed by atoms with E-state index in [-0.39, 0.29) is 17.1 Å². The zero-order chi connectivity index (χ0) is 17.2. The first-order valence-electron chi connectivity index (χ1n) is 7.77. The number of ether oxygens (including phenoxy) is 1. The Kier molecular flexibility index (Phi) is 4.50. The van der Waals surface area contributed by atoms with E-state index in [1.807, 2.05) is 27.6 Å². The van der Waals surface area contributed by atoms with Crippen LogP contribution >= 0.6 is 23.5 Å². The predicted molar refractivity (Wildman–Crippen MR) is 98.4 cm³/mol. The lowest BCUT2D eigenvalue weighted by Gasteiger charge is -2.16. The molecule has 0 aliphatic carbocycles. The highest BCUT2D eigenvalue weighted by molar-refractivity contribution is 8.27. The molecule has 1 atom stereocenters. The third-order valence-electron chi connectivity index (χ3n) is 3.99. The largest absolute Gasteiger partial charge is 0.481 e. The van der Waals surface area contributed by atoms with E-state index in [4.69, 9.17) is 4.74 Å². The van der Waals surface area contributed by atoms with Crippen molar-refractivity contribution in [3.63, 3.8) is 0 Å². The van der Waals surface area contributed by atoms with Crippen LogP contribution in [0.3, 0.4) is 0 Å². The van der Waals surface area contributed by atoms with Crippen molar-refractivity contribution in [2.45, 2.75) is 19.1 Å². The molecule has 0 radical (unpaired) electrons. The second kappa shape index (κ2) is 6.93. The normalized spacial score (nSPS) is 19.8. The van der Waals surface area contributed by atoms with Gasteiger partial charge in [0, 0.05) is 25.4 Å². The molecule has 0 amide bonds. The molecule has 4 rings (SSSR count). The van der Waals surface area contributed by atoms with Crippen LogP contribution in [-0.4, -0.2) is 27.2 Å². The van der Waals surface area contributed by atoms with E-state index in [9.17, 15) is 9.59 Å². The minimum atomic E-state index is -0.695. The summed E-state index contributed by atoms with van der Waals surface area (Å²) in [4.78, 5) is 30.1. The Morgan fingerprint density at radius 3 is 2.72 bits per heavy atom. The van der Waals surface area contributed by atoms with Gasteiger partial charge in [-0.25, -0.2) is 4.98 Å². The topological polar surface area (TPSA) is 61.2 Å². The van der Waals surface area contributed by atoms with Gasteiger partial charge in [-0.15, -0.1) is 0 Å². The zero-order valence-electron chi connectivity index (χ0n) is 13.1. The number of hydrogen-bond acceptors (Lipinski definition) is 6. The van der Waals surface area contributed by atoms with Crippen LogP contribution in [0.2, 0.25) is 0 Å². The number of para-hydroxylation sites is 1. The first-order valence-corrected chi connectivity index (χ1v) is 9.53. The predicted octanol–water partition coefficient (Wildman–Crippen LogP) is 3.65. The average molecular weight is 370 g/mol. The van der Waals surface area contributed by atoms with Gasteiger partial charge >= 0.3 is 0 Å². The van der Waals surface area contributed by atoms with E-state index in [0.717, 1.165) is 4.24 Å². The van der Waals surface area contributed by atoms with Gasteiger partial charge in [0.1, 0.15) is 5.75 Å². The molecule has 0 fully saturated rings. The van der Waals surface area contributed by atoms with Crippen LogP contribution in [0.25, 0.3) is 0 Å². The Morgan fingerprint density at radius 1 is 1.16 bits per heavy atom. The van der Waals surface area contributed by atoms with Crippen molar-refractivity contribution in [3.8, 4) is 5.75 Å². The summed E-state index contributed by atoms with van der Waals surface area (Å²) < 4.78 is 8.57. The Bertz CT molecular complexity index is 877. The lowest BCUT2D eigenvalue weighted by Crippen LogP contribution is -2.30. The molecule has 0 bridgehead atoms. The maximum absolute atomic E-state index is 13.1. The number of aryl methyl sites for hydroxylation is 1. The number of aromatic nitrogens is 2. The second-order valence-corrected chi connectivity index (χ2v) is 7.65. The van der Waals surface area contributed by atoms with Crippen molar-refractivity contribution in [2.75, 3.05) is 0 Å². The van der Waals surface area contributed by atoms with Crippen molar-refractivity contribution in [3.05, 3.63) is 69.2 Å². The van der Waals surface area contributed by atoms with Gasteiger partial charge in [-0.2, -0.15) is 0 Å². The van der Waals surface area contributed by atoms with E-state index in [0.29, 0.717) is 24.3 Å². The molecule has 3 heterocycles. The molecular formula is C18H14N2O3S2. The van der Waals surface area contributed by atoms with E-state index in [1.165, 1.54) is 23.5 Å². The number of benzene rings is 1. The number of hydrogen-bond donors (Lipinski definition) is 0. The number of fused-ring (bicyclic) bond motifs is 1. The number of ketones is 2. The highest BCUT2D eigenvalue weighted by Gasteiger charge is 2.36. The van der Waals surface area contributed by atoms with E-state index in [1.54, 1.807) is 30.7 Å². The third-order valence-corrected chi connectivity index (χ3v) is 6.12. The summed E-state index contributed by atoms with van der Waals surface area (Å²) in [6.45, 7) is 0.591. The van der Waals surface area contributed by atoms with Crippen molar-refractivity contribution in [1.82, 2.24) is 9.55 Å². The fraction of sp³-hybridized carbons (Fsp3) is 0.167. The SMILES string of the molecule is O=C1C(=C2SC=CS2)C(=O)C(CCn2ccnc2)Oc2ccccc21. The van der Waals surface area contributed by atoms with E-state index in [2.05, 4.69) is 4.98 Å².